The van der Waals surface area contributed by atoms with Crippen LogP contribution in [0.5, 0.6) is 0 Å². The van der Waals surface area contributed by atoms with Gasteiger partial charge in [0.1, 0.15) is 5.69 Å². The predicted molar refractivity (Wildman–Crippen MR) is 87.1 cm³/mol. The van der Waals surface area contributed by atoms with Crippen molar-refractivity contribution in [3.63, 3.8) is 0 Å². The van der Waals surface area contributed by atoms with Crippen molar-refractivity contribution in [3.05, 3.63) is 64.8 Å². The molecule has 0 saturated carbocycles. The fourth-order valence-corrected chi connectivity index (χ4v) is 2.49. The first-order chi connectivity index (χ1) is 10.2. The average Bonchev–Trinajstić information content (AvgIpc) is 2.94. The number of rotatable bonds is 3. The number of fused-ring (bicyclic) bond motifs is 1. The number of hydrogen-bond donors (Lipinski definition) is 2. The highest BCUT2D eigenvalue weighted by molar-refractivity contribution is 6.35. The van der Waals surface area contributed by atoms with Crippen LogP contribution < -0.4 is 5.32 Å². The first kappa shape index (κ1) is 13.7. The summed E-state index contributed by atoms with van der Waals surface area (Å²) in [6, 6.07) is 15.2. The molecule has 1 heterocycles. The number of nitrogens with one attached hydrogen (secondary N) is 2. The molecule has 3 rings (SSSR count). The maximum atomic E-state index is 12.3. The van der Waals surface area contributed by atoms with Crippen molar-refractivity contribution in [2.45, 2.75) is 13.3 Å². The van der Waals surface area contributed by atoms with E-state index in [1.165, 1.54) is 5.56 Å². The number of aromatic amines is 1. The van der Waals surface area contributed by atoms with Gasteiger partial charge in [-0.05, 0) is 36.2 Å². The lowest BCUT2D eigenvalue weighted by molar-refractivity contribution is 0.102. The Bertz CT molecular complexity index is 790. The van der Waals surface area contributed by atoms with E-state index in [4.69, 9.17) is 11.6 Å². The predicted octanol–water partition coefficient (Wildman–Crippen LogP) is 4.64. The van der Waals surface area contributed by atoms with Crippen molar-refractivity contribution >= 4 is 34.1 Å². The molecule has 106 valence electrons. The second kappa shape index (κ2) is 5.62. The lowest BCUT2D eigenvalue weighted by Gasteiger charge is -2.04. The first-order valence-electron chi connectivity index (χ1n) is 6.85. The van der Waals surface area contributed by atoms with Gasteiger partial charge in [-0.3, -0.25) is 4.79 Å². The summed E-state index contributed by atoms with van der Waals surface area (Å²) in [5, 5.41) is 4.41. The Kier molecular flexibility index (Phi) is 3.67. The minimum atomic E-state index is -0.175. The lowest BCUT2D eigenvalue weighted by Crippen LogP contribution is -2.12. The van der Waals surface area contributed by atoms with Gasteiger partial charge in [-0.25, -0.2) is 0 Å². The molecule has 1 aromatic heterocycles. The van der Waals surface area contributed by atoms with Gasteiger partial charge in [0.25, 0.3) is 5.91 Å². The molecule has 0 aliphatic rings. The van der Waals surface area contributed by atoms with Crippen molar-refractivity contribution in [3.8, 4) is 0 Å². The zero-order valence-electron chi connectivity index (χ0n) is 11.6. The van der Waals surface area contributed by atoms with E-state index in [9.17, 15) is 4.79 Å². The minimum Gasteiger partial charge on any atom is -0.349 e. The van der Waals surface area contributed by atoms with Crippen LogP contribution in [0.3, 0.4) is 0 Å². The van der Waals surface area contributed by atoms with E-state index in [0.717, 1.165) is 23.0 Å². The number of benzene rings is 2. The molecule has 0 aliphatic heterocycles. The molecule has 0 aliphatic carbocycles. The molecule has 0 atom stereocenters. The Morgan fingerprint density at radius 2 is 1.95 bits per heavy atom. The molecule has 0 bridgehead atoms. The van der Waals surface area contributed by atoms with Gasteiger partial charge in [0.15, 0.2) is 0 Å². The van der Waals surface area contributed by atoms with E-state index < -0.39 is 0 Å². The largest absolute Gasteiger partial charge is 0.349 e. The second-order valence-electron chi connectivity index (χ2n) is 4.89. The maximum Gasteiger partial charge on any atom is 0.272 e. The van der Waals surface area contributed by atoms with Crippen molar-refractivity contribution in [2.75, 3.05) is 5.32 Å². The van der Waals surface area contributed by atoms with Gasteiger partial charge in [-0.1, -0.05) is 42.8 Å². The minimum absolute atomic E-state index is 0.175. The quantitative estimate of drug-likeness (QED) is 0.727. The van der Waals surface area contributed by atoms with Crippen LogP contribution in [0.15, 0.2) is 48.5 Å². The molecular weight excluding hydrogens is 284 g/mol. The fraction of sp³-hybridized carbons (Fsp3) is 0.118. The van der Waals surface area contributed by atoms with E-state index in [1.807, 2.05) is 36.4 Å². The normalized spacial score (nSPS) is 10.8. The number of aromatic nitrogens is 1. The molecule has 3 aromatic rings. The van der Waals surface area contributed by atoms with Crippen molar-refractivity contribution in [1.82, 2.24) is 4.98 Å². The molecule has 0 unspecified atom stereocenters. The Labute approximate surface area is 127 Å². The summed E-state index contributed by atoms with van der Waals surface area (Å²) in [7, 11) is 0. The van der Waals surface area contributed by atoms with Crippen molar-refractivity contribution < 1.29 is 4.79 Å². The number of carbonyl (C=O) groups excluding carboxylic acids is 1. The van der Waals surface area contributed by atoms with Gasteiger partial charge in [0, 0.05) is 11.1 Å². The van der Waals surface area contributed by atoms with Crippen molar-refractivity contribution in [1.29, 1.82) is 0 Å². The van der Waals surface area contributed by atoms with Crippen LogP contribution in [-0.2, 0) is 6.42 Å². The number of carbonyl (C=O) groups is 1. The molecule has 3 nitrogen and oxygen atoms in total. The zero-order chi connectivity index (χ0) is 14.8. The highest BCUT2D eigenvalue weighted by Crippen LogP contribution is 2.23. The molecular formula is C17H15ClN2O. The third-order valence-corrected chi connectivity index (χ3v) is 3.78. The van der Waals surface area contributed by atoms with Crippen LogP contribution >= 0.6 is 11.6 Å². The first-order valence-corrected chi connectivity index (χ1v) is 7.22. The number of anilines is 1. The summed E-state index contributed by atoms with van der Waals surface area (Å²) in [5.41, 5.74) is 3.30. The van der Waals surface area contributed by atoms with Gasteiger partial charge in [-0.15, -0.1) is 0 Å². The number of halogens is 1. The Hall–Kier alpha value is -2.26. The van der Waals surface area contributed by atoms with E-state index in [2.05, 4.69) is 17.2 Å². The van der Waals surface area contributed by atoms with Gasteiger partial charge < -0.3 is 10.3 Å². The van der Waals surface area contributed by atoms with Gasteiger partial charge in [-0.2, -0.15) is 0 Å². The van der Waals surface area contributed by atoms with Crippen LogP contribution in [0.25, 0.3) is 10.9 Å². The van der Waals surface area contributed by atoms with Crippen LogP contribution in [-0.4, -0.2) is 10.9 Å². The summed E-state index contributed by atoms with van der Waals surface area (Å²) in [6.45, 7) is 2.10. The van der Waals surface area contributed by atoms with Gasteiger partial charge in [0.05, 0.1) is 10.5 Å². The van der Waals surface area contributed by atoms with Crippen LogP contribution in [0.4, 0.5) is 5.69 Å². The zero-order valence-corrected chi connectivity index (χ0v) is 12.4. The number of para-hydroxylation sites is 1. The summed E-state index contributed by atoms with van der Waals surface area (Å²) in [5.74, 6) is -0.175. The van der Waals surface area contributed by atoms with E-state index in [1.54, 1.807) is 12.1 Å². The van der Waals surface area contributed by atoms with Crippen LogP contribution in [0.1, 0.15) is 23.0 Å². The molecule has 21 heavy (non-hydrogen) atoms. The number of aryl methyl sites for hydroxylation is 1. The van der Waals surface area contributed by atoms with Crippen molar-refractivity contribution in [2.24, 2.45) is 0 Å². The summed E-state index contributed by atoms with van der Waals surface area (Å²) >= 11 is 6.11. The highest BCUT2D eigenvalue weighted by Gasteiger charge is 2.11. The molecule has 0 saturated heterocycles. The topological polar surface area (TPSA) is 44.9 Å². The summed E-state index contributed by atoms with van der Waals surface area (Å²) < 4.78 is 0. The maximum absolute atomic E-state index is 12.3. The molecule has 2 aromatic carbocycles. The Morgan fingerprint density at radius 1 is 1.19 bits per heavy atom. The lowest BCUT2D eigenvalue weighted by atomic mass is 10.1. The molecule has 0 fully saturated rings. The third kappa shape index (κ3) is 2.78. The van der Waals surface area contributed by atoms with E-state index in [0.29, 0.717) is 10.7 Å². The summed E-state index contributed by atoms with van der Waals surface area (Å²) in [6.07, 6.45) is 0.981. The van der Waals surface area contributed by atoms with E-state index in [-0.39, 0.29) is 5.91 Å². The molecule has 0 spiro atoms. The highest BCUT2D eigenvalue weighted by atomic mass is 35.5. The molecule has 2 N–H and O–H groups in total. The molecule has 4 heteroatoms. The second-order valence-corrected chi connectivity index (χ2v) is 5.30. The third-order valence-electron chi connectivity index (χ3n) is 3.47. The number of H-pyrrole nitrogens is 1. The van der Waals surface area contributed by atoms with Gasteiger partial charge in [0.2, 0.25) is 0 Å². The summed E-state index contributed by atoms with van der Waals surface area (Å²) in [4.78, 5) is 15.3. The molecule has 1 amide bonds. The SMILES string of the molecule is CCc1ccc(NC(=O)c2cc3cccc(Cl)c3[nH]2)cc1. The monoisotopic (exact) mass is 298 g/mol. The van der Waals surface area contributed by atoms with Crippen LogP contribution in [0, 0.1) is 0 Å². The van der Waals surface area contributed by atoms with E-state index >= 15 is 0 Å². The molecule has 0 radical (unpaired) electrons. The Morgan fingerprint density at radius 3 is 2.62 bits per heavy atom. The number of amides is 1. The standard InChI is InChI=1S/C17H15ClN2O/c1-2-11-6-8-13(9-7-11)19-17(21)15-10-12-4-3-5-14(18)16(12)20-15/h3-10,20H,2H2,1H3,(H,19,21). The van der Waals surface area contributed by atoms with Crippen LogP contribution in [0.2, 0.25) is 5.02 Å². The number of hydrogen-bond acceptors (Lipinski definition) is 1. The Balaban J connectivity index is 1.84. The fourth-order valence-electron chi connectivity index (χ4n) is 2.26. The average molecular weight is 299 g/mol. The smallest absolute Gasteiger partial charge is 0.272 e. The van der Waals surface area contributed by atoms with Gasteiger partial charge >= 0.3 is 0 Å².